The quantitative estimate of drug-likeness (QED) is 0.793. The fourth-order valence-corrected chi connectivity index (χ4v) is 5.71. The lowest BCUT2D eigenvalue weighted by atomic mass is 9.99. The summed E-state index contributed by atoms with van der Waals surface area (Å²) in [6.07, 6.45) is 3.99. The van der Waals surface area contributed by atoms with Crippen LogP contribution >= 0.6 is 0 Å². The van der Waals surface area contributed by atoms with Crippen molar-refractivity contribution in [2.45, 2.75) is 70.7 Å². The lowest BCUT2D eigenvalue weighted by Crippen LogP contribution is -2.44. The van der Waals surface area contributed by atoms with E-state index in [4.69, 9.17) is 4.98 Å². The van der Waals surface area contributed by atoms with Crippen molar-refractivity contribution >= 4 is 15.9 Å². The minimum Gasteiger partial charge on any atom is -0.332 e. The van der Waals surface area contributed by atoms with E-state index in [1.54, 1.807) is 13.8 Å². The molecule has 3 heterocycles. The van der Waals surface area contributed by atoms with Gasteiger partial charge >= 0.3 is 0 Å². The van der Waals surface area contributed by atoms with E-state index in [9.17, 15) is 18.0 Å². The van der Waals surface area contributed by atoms with E-state index in [1.807, 2.05) is 4.90 Å². The third-order valence-electron chi connectivity index (χ3n) is 6.54. The molecule has 0 aromatic carbocycles. The van der Waals surface area contributed by atoms with Gasteiger partial charge in [-0.3, -0.25) is 9.59 Å². The predicted molar refractivity (Wildman–Crippen MR) is 109 cm³/mol. The molecule has 160 valence electrons. The first-order valence-electron chi connectivity index (χ1n) is 10.6. The summed E-state index contributed by atoms with van der Waals surface area (Å²) in [6, 6.07) is -0.237. The average Bonchev–Trinajstić information content (AvgIpc) is 3.43. The first-order valence-corrected chi connectivity index (χ1v) is 12.1. The Kier molecular flexibility index (Phi) is 5.31. The molecule has 0 spiro atoms. The molecule has 1 saturated carbocycles. The fraction of sp³-hybridized carbons (Fsp3) is 0.750. The third-order valence-corrected chi connectivity index (χ3v) is 8.76. The minimum atomic E-state index is -3.41. The highest BCUT2D eigenvalue weighted by Crippen LogP contribution is 2.42. The lowest BCUT2D eigenvalue weighted by molar-refractivity contribution is -0.137. The SMILES string of the molecule is CC(C)S(=O)(=O)N1CCc2c(nc([C@H]3CCCCN3C(=O)[C@H]3C[C@H]3C)[nH]c2=O)C1. The molecule has 8 nitrogen and oxygen atoms in total. The summed E-state index contributed by atoms with van der Waals surface area (Å²) >= 11 is 0. The maximum atomic E-state index is 12.9. The number of piperidine rings is 1. The molecule has 1 amide bonds. The van der Waals surface area contributed by atoms with Gasteiger partial charge in [-0.1, -0.05) is 6.92 Å². The van der Waals surface area contributed by atoms with Crippen molar-refractivity contribution < 1.29 is 13.2 Å². The Balaban J connectivity index is 1.65. The molecule has 1 aliphatic carbocycles. The largest absolute Gasteiger partial charge is 0.332 e. The molecule has 4 rings (SSSR count). The number of likely N-dealkylation sites (tertiary alicyclic amines) is 1. The Labute approximate surface area is 171 Å². The number of H-pyrrole nitrogens is 1. The zero-order valence-electron chi connectivity index (χ0n) is 17.3. The van der Waals surface area contributed by atoms with Crippen molar-refractivity contribution in [2.24, 2.45) is 11.8 Å². The first-order chi connectivity index (χ1) is 13.7. The molecule has 9 heteroatoms. The van der Waals surface area contributed by atoms with E-state index in [1.165, 1.54) is 4.31 Å². The molecule has 1 N–H and O–H groups in total. The Morgan fingerprint density at radius 1 is 1.24 bits per heavy atom. The smallest absolute Gasteiger partial charge is 0.254 e. The number of aromatic amines is 1. The van der Waals surface area contributed by atoms with E-state index in [0.29, 0.717) is 42.5 Å². The average molecular weight is 423 g/mol. The van der Waals surface area contributed by atoms with Gasteiger partial charge in [0, 0.05) is 24.6 Å². The number of carbonyl (C=O) groups is 1. The molecule has 2 aliphatic heterocycles. The van der Waals surface area contributed by atoms with Crippen molar-refractivity contribution in [3.63, 3.8) is 0 Å². The zero-order valence-corrected chi connectivity index (χ0v) is 18.2. The summed E-state index contributed by atoms with van der Waals surface area (Å²) in [5.74, 6) is 1.17. The molecule has 0 radical (unpaired) electrons. The van der Waals surface area contributed by atoms with Gasteiger partial charge in [-0.05, 0) is 51.9 Å². The highest BCUT2D eigenvalue weighted by molar-refractivity contribution is 7.89. The maximum Gasteiger partial charge on any atom is 0.254 e. The number of sulfonamides is 1. The number of rotatable bonds is 4. The second-order valence-corrected chi connectivity index (χ2v) is 11.4. The van der Waals surface area contributed by atoms with Crippen LogP contribution in [0.1, 0.15) is 69.6 Å². The van der Waals surface area contributed by atoms with E-state index >= 15 is 0 Å². The van der Waals surface area contributed by atoms with Crippen LogP contribution in [-0.2, 0) is 27.8 Å². The lowest BCUT2D eigenvalue weighted by Gasteiger charge is -2.36. The van der Waals surface area contributed by atoms with Gasteiger partial charge in [0.25, 0.3) is 5.56 Å². The molecule has 1 aromatic rings. The molecular weight excluding hydrogens is 392 g/mol. The van der Waals surface area contributed by atoms with E-state index in [-0.39, 0.29) is 30.0 Å². The molecular formula is C20H30N4O4S. The van der Waals surface area contributed by atoms with Gasteiger partial charge < -0.3 is 9.88 Å². The van der Waals surface area contributed by atoms with Gasteiger partial charge in [0.1, 0.15) is 5.82 Å². The summed E-state index contributed by atoms with van der Waals surface area (Å²) in [4.78, 5) is 35.1. The number of nitrogens with zero attached hydrogens (tertiary/aromatic N) is 3. The Morgan fingerprint density at radius 2 is 1.97 bits per heavy atom. The molecule has 3 aliphatic rings. The highest BCUT2D eigenvalue weighted by Gasteiger charge is 2.44. The van der Waals surface area contributed by atoms with Gasteiger partial charge in [-0.15, -0.1) is 0 Å². The van der Waals surface area contributed by atoms with Crippen LogP contribution in [0.15, 0.2) is 4.79 Å². The maximum absolute atomic E-state index is 12.9. The Bertz CT molecular complexity index is 971. The van der Waals surface area contributed by atoms with Crippen LogP contribution in [0.3, 0.4) is 0 Å². The van der Waals surface area contributed by atoms with Crippen LogP contribution in [0.4, 0.5) is 0 Å². The van der Waals surface area contributed by atoms with Gasteiger partial charge in [0.15, 0.2) is 0 Å². The van der Waals surface area contributed by atoms with Crippen LogP contribution in [0, 0.1) is 11.8 Å². The topological polar surface area (TPSA) is 103 Å². The molecule has 0 bridgehead atoms. The van der Waals surface area contributed by atoms with Crippen molar-refractivity contribution in [1.29, 1.82) is 0 Å². The molecule has 29 heavy (non-hydrogen) atoms. The van der Waals surface area contributed by atoms with Crippen molar-refractivity contribution in [1.82, 2.24) is 19.2 Å². The molecule has 2 fully saturated rings. The van der Waals surface area contributed by atoms with Gasteiger partial charge in [0.05, 0.1) is 23.5 Å². The van der Waals surface area contributed by atoms with Crippen LogP contribution in [0.2, 0.25) is 0 Å². The first kappa shape index (κ1) is 20.5. The van der Waals surface area contributed by atoms with Crippen molar-refractivity contribution in [3.05, 3.63) is 27.4 Å². The van der Waals surface area contributed by atoms with Gasteiger partial charge in [0.2, 0.25) is 15.9 Å². The van der Waals surface area contributed by atoms with Gasteiger partial charge in [-0.25, -0.2) is 13.4 Å². The number of fused-ring (bicyclic) bond motifs is 1. The number of nitrogens with one attached hydrogen (secondary N) is 1. The normalized spacial score (nSPS) is 27.7. The monoisotopic (exact) mass is 422 g/mol. The summed E-state index contributed by atoms with van der Waals surface area (Å²) < 4.78 is 26.6. The molecule has 3 atom stereocenters. The Morgan fingerprint density at radius 3 is 2.62 bits per heavy atom. The van der Waals surface area contributed by atoms with Crippen LogP contribution in [-0.4, -0.2) is 51.8 Å². The predicted octanol–water partition coefficient (Wildman–Crippen LogP) is 1.58. The minimum absolute atomic E-state index is 0.0895. The fourth-order valence-electron chi connectivity index (χ4n) is 4.47. The molecule has 0 unspecified atom stereocenters. The number of amides is 1. The number of carbonyl (C=O) groups excluding carboxylic acids is 1. The van der Waals surface area contributed by atoms with Crippen LogP contribution in [0.25, 0.3) is 0 Å². The van der Waals surface area contributed by atoms with Crippen molar-refractivity contribution in [2.75, 3.05) is 13.1 Å². The summed E-state index contributed by atoms with van der Waals surface area (Å²) in [6.45, 7) is 6.50. The molecule has 1 aromatic heterocycles. The van der Waals surface area contributed by atoms with Gasteiger partial charge in [-0.2, -0.15) is 4.31 Å². The number of hydrogen-bond donors (Lipinski definition) is 1. The van der Waals surface area contributed by atoms with E-state index in [2.05, 4.69) is 11.9 Å². The Hall–Kier alpha value is -1.74. The number of hydrogen-bond acceptors (Lipinski definition) is 5. The zero-order chi connectivity index (χ0) is 20.9. The van der Waals surface area contributed by atoms with E-state index in [0.717, 1.165) is 25.7 Å². The van der Waals surface area contributed by atoms with Crippen LogP contribution in [0.5, 0.6) is 0 Å². The summed E-state index contributed by atoms with van der Waals surface area (Å²) in [5.41, 5.74) is 0.884. The van der Waals surface area contributed by atoms with Crippen molar-refractivity contribution in [3.8, 4) is 0 Å². The third kappa shape index (κ3) is 3.74. The standard InChI is InChI=1S/C20H30N4O4S/c1-12(2)29(27,28)23-9-7-14-16(11-23)21-18(22-19(14)25)17-6-4-5-8-24(17)20(26)15-10-13(15)3/h12-13,15,17H,4-11H2,1-3H3,(H,21,22,25)/t13-,15+,17-/m1/s1. The van der Waals surface area contributed by atoms with E-state index < -0.39 is 15.3 Å². The second-order valence-electron chi connectivity index (χ2n) is 8.92. The number of aromatic nitrogens is 2. The molecule has 1 saturated heterocycles. The summed E-state index contributed by atoms with van der Waals surface area (Å²) in [5, 5.41) is -0.516. The highest BCUT2D eigenvalue weighted by atomic mass is 32.2. The second kappa shape index (κ2) is 7.50. The van der Waals surface area contributed by atoms with Crippen LogP contribution < -0.4 is 5.56 Å². The summed E-state index contributed by atoms with van der Waals surface area (Å²) in [7, 11) is -3.41.